The van der Waals surface area contributed by atoms with Gasteiger partial charge < -0.3 is 4.98 Å². The third kappa shape index (κ3) is 1.99. The fourth-order valence-corrected chi connectivity index (χ4v) is 1.05. The topological polar surface area (TPSA) is 15.8 Å². The van der Waals surface area contributed by atoms with Crippen LogP contribution in [0.25, 0.3) is 5.57 Å². The number of hydrogen-bond acceptors (Lipinski definition) is 0. The lowest BCUT2D eigenvalue weighted by molar-refractivity contribution is 1.36. The number of aromatic nitrogens is 1. The molecule has 0 fully saturated rings. The maximum atomic E-state index is 3.67. The predicted molar refractivity (Wildman–Crippen MR) is 53.8 cm³/mol. The molecule has 0 aliphatic carbocycles. The van der Waals surface area contributed by atoms with Gasteiger partial charge in [0.1, 0.15) is 0 Å². The number of aromatic amines is 1. The summed E-state index contributed by atoms with van der Waals surface area (Å²) in [5, 5.41) is 0. The van der Waals surface area contributed by atoms with Crippen LogP contribution in [0.1, 0.15) is 12.6 Å². The van der Waals surface area contributed by atoms with Crippen molar-refractivity contribution in [3.63, 3.8) is 0 Å². The third-order valence-electron chi connectivity index (χ3n) is 1.55. The van der Waals surface area contributed by atoms with Crippen LogP contribution in [0.3, 0.4) is 0 Å². The largest absolute Gasteiger partial charge is 0.361 e. The molecule has 1 aromatic rings. The molecule has 0 spiro atoms. The molecular formula is C11H13N. The second-order valence-electron chi connectivity index (χ2n) is 2.44. The van der Waals surface area contributed by atoms with Crippen LogP contribution in [-0.4, -0.2) is 4.98 Å². The van der Waals surface area contributed by atoms with E-state index in [9.17, 15) is 0 Å². The average Bonchev–Trinajstić information content (AvgIpc) is 2.56. The first-order valence-corrected chi connectivity index (χ1v) is 3.97. The van der Waals surface area contributed by atoms with Gasteiger partial charge in [-0.25, -0.2) is 0 Å². The van der Waals surface area contributed by atoms with Crippen LogP contribution in [0.2, 0.25) is 0 Å². The predicted octanol–water partition coefficient (Wildman–Crippen LogP) is 3.16. The van der Waals surface area contributed by atoms with Gasteiger partial charge in [-0.05, 0) is 24.6 Å². The highest BCUT2D eigenvalue weighted by Crippen LogP contribution is 2.12. The second kappa shape index (κ2) is 4.39. The van der Waals surface area contributed by atoms with Crippen molar-refractivity contribution in [3.8, 4) is 0 Å². The number of allylic oxidation sites excluding steroid dienone is 5. The molecule has 1 aromatic heterocycles. The van der Waals surface area contributed by atoms with E-state index in [1.807, 2.05) is 43.5 Å². The lowest BCUT2D eigenvalue weighted by Gasteiger charge is -1.95. The van der Waals surface area contributed by atoms with Crippen molar-refractivity contribution in [1.82, 2.24) is 4.98 Å². The standard InChI is InChI=1S/C11H13N/c1-3-6-10(7-4-2)11-8-5-9-12-11/h3-9,12H,1H2,2H3/b7-4-,10-6+. The molecule has 0 radical (unpaired) electrons. The Labute approximate surface area is 73.1 Å². The molecular weight excluding hydrogens is 146 g/mol. The molecule has 0 atom stereocenters. The van der Waals surface area contributed by atoms with E-state index in [4.69, 9.17) is 0 Å². The van der Waals surface area contributed by atoms with Gasteiger partial charge in [0.15, 0.2) is 0 Å². The second-order valence-corrected chi connectivity index (χ2v) is 2.44. The highest BCUT2D eigenvalue weighted by molar-refractivity contribution is 5.72. The summed E-state index contributed by atoms with van der Waals surface area (Å²) in [4.78, 5) is 3.14. The van der Waals surface area contributed by atoms with Crippen LogP contribution < -0.4 is 0 Å². The Balaban J connectivity index is 2.95. The lowest BCUT2D eigenvalue weighted by Crippen LogP contribution is -1.78. The van der Waals surface area contributed by atoms with Gasteiger partial charge in [-0.1, -0.05) is 30.9 Å². The fraction of sp³-hybridized carbons (Fsp3) is 0.0909. The van der Waals surface area contributed by atoms with E-state index in [-0.39, 0.29) is 0 Å². The highest BCUT2D eigenvalue weighted by Gasteiger charge is 1.94. The SMILES string of the molecule is C=C/C=C(\C=C/C)c1ccc[nH]1. The van der Waals surface area contributed by atoms with Gasteiger partial charge in [-0.2, -0.15) is 0 Å². The van der Waals surface area contributed by atoms with Crippen molar-refractivity contribution >= 4 is 5.57 Å². The first-order valence-electron chi connectivity index (χ1n) is 3.97. The van der Waals surface area contributed by atoms with Gasteiger partial charge in [-0.3, -0.25) is 0 Å². The van der Waals surface area contributed by atoms with E-state index in [1.165, 1.54) is 0 Å². The van der Waals surface area contributed by atoms with E-state index >= 15 is 0 Å². The van der Waals surface area contributed by atoms with Gasteiger partial charge in [0.25, 0.3) is 0 Å². The molecule has 1 nitrogen and oxygen atoms in total. The quantitative estimate of drug-likeness (QED) is 0.652. The number of hydrogen-bond donors (Lipinski definition) is 1. The van der Waals surface area contributed by atoms with E-state index < -0.39 is 0 Å². The molecule has 0 bridgehead atoms. The Kier molecular flexibility index (Phi) is 3.15. The summed E-state index contributed by atoms with van der Waals surface area (Å²) in [6, 6.07) is 4.02. The zero-order valence-corrected chi connectivity index (χ0v) is 7.25. The molecule has 0 aliphatic heterocycles. The molecule has 0 amide bonds. The van der Waals surface area contributed by atoms with Crippen LogP contribution >= 0.6 is 0 Å². The van der Waals surface area contributed by atoms with E-state index in [2.05, 4.69) is 11.6 Å². The minimum absolute atomic E-state index is 1.12. The molecule has 12 heavy (non-hydrogen) atoms. The van der Waals surface area contributed by atoms with E-state index in [1.54, 1.807) is 6.08 Å². The summed E-state index contributed by atoms with van der Waals surface area (Å²) in [6.07, 6.45) is 9.74. The molecule has 1 rings (SSSR count). The average molecular weight is 159 g/mol. The molecule has 62 valence electrons. The molecule has 0 saturated carbocycles. The normalized spacial score (nSPS) is 12.2. The van der Waals surface area contributed by atoms with Crippen LogP contribution in [0.4, 0.5) is 0 Å². The smallest absolute Gasteiger partial charge is 0.0453 e. The summed E-state index contributed by atoms with van der Waals surface area (Å²) in [5.74, 6) is 0. The first kappa shape index (κ1) is 8.60. The third-order valence-corrected chi connectivity index (χ3v) is 1.55. The highest BCUT2D eigenvalue weighted by atomic mass is 14.7. The minimum Gasteiger partial charge on any atom is -0.361 e. The monoisotopic (exact) mass is 159 g/mol. The van der Waals surface area contributed by atoms with Crippen LogP contribution in [-0.2, 0) is 0 Å². The summed E-state index contributed by atoms with van der Waals surface area (Å²) in [6.45, 7) is 5.67. The van der Waals surface area contributed by atoms with Gasteiger partial charge in [0.05, 0.1) is 0 Å². The lowest BCUT2D eigenvalue weighted by atomic mass is 10.1. The molecule has 1 heteroatoms. The first-order chi connectivity index (χ1) is 5.88. The summed E-state index contributed by atoms with van der Waals surface area (Å²) in [7, 11) is 0. The summed E-state index contributed by atoms with van der Waals surface area (Å²) in [5.41, 5.74) is 2.27. The Morgan fingerprint density at radius 2 is 2.42 bits per heavy atom. The number of nitrogens with one attached hydrogen (secondary N) is 1. The minimum atomic E-state index is 1.12. The number of rotatable bonds is 3. The van der Waals surface area contributed by atoms with Gasteiger partial charge >= 0.3 is 0 Å². The Hall–Kier alpha value is -1.50. The Morgan fingerprint density at radius 3 is 2.92 bits per heavy atom. The van der Waals surface area contributed by atoms with Crippen molar-refractivity contribution in [1.29, 1.82) is 0 Å². The molecule has 1 heterocycles. The van der Waals surface area contributed by atoms with Crippen LogP contribution in [0.15, 0.2) is 49.2 Å². The summed E-state index contributed by atoms with van der Waals surface area (Å²) < 4.78 is 0. The van der Waals surface area contributed by atoms with E-state index in [0.29, 0.717) is 0 Å². The van der Waals surface area contributed by atoms with Crippen molar-refractivity contribution in [2.75, 3.05) is 0 Å². The van der Waals surface area contributed by atoms with Gasteiger partial charge in [0, 0.05) is 11.9 Å². The molecule has 0 saturated heterocycles. The fourth-order valence-electron chi connectivity index (χ4n) is 1.05. The van der Waals surface area contributed by atoms with Gasteiger partial charge in [0.2, 0.25) is 0 Å². The van der Waals surface area contributed by atoms with Crippen molar-refractivity contribution in [2.45, 2.75) is 6.92 Å². The molecule has 0 unspecified atom stereocenters. The van der Waals surface area contributed by atoms with Crippen LogP contribution in [0.5, 0.6) is 0 Å². The van der Waals surface area contributed by atoms with Gasteiger partial charge in [-0.15, -0.1) is 0 Å². The summed E-state index contributed by atoms with van der Waals surface area (Å²) >= 11 is 0. The van der Waals surface area contributed by atoms with Crippen molar-refractivity contribution in [2.24, 2.45) is 0 Å². The van der Waals surface area contributed by atoms with Crippen LogP contribution in [0, 0.1) is 0 Å². The maximum Gasteiger partial charge on any atom is 0.0453 e. The van der Waals surface area contributed by atoms with Crippen molar-refractivity contribution in [3.05, 3.63) is 54.9 Å². The Bertz CT molecular complexity index is 289. The molecule has 0 aliphatic rings. The maximum absolute atomic E-state index is 3.67. The molecule has 1 N–H and O–H groups in total. The molecule has 0 aromatic carbocycles. The zero-order chi connectivity index (χ0) is 8.81. The van der Waals surface area contributed by atoms with E-state index in [0.717, 1.165) is 11.3 Å². The number of H-pyrrole nitrogens is 1. The zero-order valence-electron chi connectivity index (χ0n) is 7.25. The van der Waals surface area contributed by atoms with Crippen molar-refractivity contribution < 1.29 is 0 Å². The Morgan fingerprint density at radius 1 is 1.58 bits per heavy atom.